The van der Waals surface area contributed by atoms with Crippen LogP contribution in [0.1, 0.15) is 42.6 Å². The van der Waals surface area contributed by atoms with Crippen molar-refractivity contribution in [2.24, 2.45) is 0 Å². The van der Waals surface area contributed by atoms with Crippen LogP contribution in [0.5, 0.6) is 5.75 Å². The van der Waals surface area contributed by atoms with Gasteiger partial charge in [0.1, 0.15) is 23.4 Å². The van der Waals surface area contributed by atoms with Crippen LogP contribution >= 0.6 is 15.9 Å². The Kier molecular flexibility index (Phi) is 8.64. The first-order chi connectivity index (χ1) is 18.0. The van der Waals surface area contributed by atoms with Gasteiger partial charge in [-0.3, -0.25) is 9.69 Å². The summed E-state index contributed by atoms with van der Waals surface area (Å²) in [5.41, 5.74) is 3.50. The summed E-state index contributed by atoms with van der Waals surface area (Å²) < 4.78 is 13.2. The maximum Gasteiger partial charge on any atom is 0.227 e. The van der Waals surface area contributed by atoms with E-state index in [0.717, 1.165) is 80.0 Å². The first-order valence-corrected chi connectivity index (χ1v) is 14.1. The molecular formula is C30H36BrN3O3. The molecular weight excluding hydrogens is 530 g/mol. The lowest BCUT2D eigenvalue weighted by atomic mass is 10.0. The number of hydrogen-bond acceptors (Lipinski definition) is 5. The number of benzene rings is 2. The maximum atomic E-state index is 12.7. The predicted molar refractivity (Wildman–Crippen MR) is 150 cm³/mol. The number of piperidine rings is 2. The number of aryl methyl sites for hydroxylation is 1. The molecule has 0 aliphatic carbocycles. The third kappa shape index (κ3) is 7.24. The number of halogens is 1. The largest absolute Gasteiger partial charge is 0.489 e. The Hall–Kier alpha value is -2.61. The molecule has 7 heteroatoms. The second-order valence-corrected chi connectivity index (χ2v) is 11.1. The maximum absolute atomic E-state index is 12.7. The van der Waals surface area contributed by atoms with Gasteiger partial charge in [-0.1, -0.05) is 29.8 Å². The quantitative estimate of drug-likeness (QED) is 0.379. The lowest BCUT2D eigenvalue weighted by molar-refractivity contribution is -0.121. The molecule has 3 heterocycles. The highest BCUT2D eigenvalue weighted by atomic mass is 79.9. The molecule has 0 bridgehead atoms. The summed E-state index contributed by atoms with van der Waals surface area (Å²) in [5, 5.41) is 6.59. The number of amides is 1. The zero-order valence-corrected chi connectivity index (χ0v) is 23.1. The van der Waals surface area contributed by atoms with Crippen molar-refractivity contribution < 1.29 is 13.9 Å². The summed E-state index contributed by atoms with van der Waals surface area (Å²) in [4.78, 5) is 15.1. The Bertz CT molecular complexity index is 1200. The van der Waals surface area contributed by atoms with Crippen molar-refractivity contribution in [1.29, 1.82) is 0 Å². The van der Waals surface area contributed by atoms with E-state index in [-0.39, 0.29) is 18.4 Å². The van der Waals surface area contributed by atoms with Gasteiger partial charge in [0.05, 0.1) is 10.9 Å². The molecule has 2 N–H and O–H groups in total. The molecule has 1 aromatic heterocycles. The van der Waals surface area contributed by atoms with Gasteiger partial charge in [0.15, 0.2) is 0 Å². The van der Waals surface area contributed by atoms with Gasteiger partial charge < -0.3 is 19.8 Å². The molecule has 2 aromatic carbocycles. The van der Waals surface area contributed by atoms with Crippen LogP contribution in [0.4, 0.5) is 0 Å². The Morgan fingerprint density at radius 2 is 1.89 bits per heavy atom. The SMILES string of the molecule is Cc1cccc(-c2ccc(CC(=O)NC3CCN(Cc4ccc(OC5CCNCC5)c(Br)c4)CC3)o2)c1. The molecule has 2 aliphatic heterocycles. The molecule has 0 spiro atoms. The Balaban J connectivity index is 1.06. The van der Waals surface area contributed by atoms with E-state index >= 15 is 0 Å². The van der Waals surface area contributed by atoms with Crippen LogP contribution in [0.25, 0.3) is 11.3 Å². The second kappa shape index (κ2) is 12.3. The van der Waals surface area contributed by atoms with Crippen molar-refractivity contribution in [3.63, 3.8) is 0 Å². The molecule has 6 nitrogen and oxygen atoms in total. The fourth-order valence-electron chi connectivity index (χ4n) is 5.19. The predicted octanol–water partition coefficient (Wildman–Crippen LogP) is 5.47. The van der Waals surface area contributed by atoms with Crippen LogP contribution in [0.3, 0.4) is 0 Å². The number of furan rings is 1. The fourth-order valence-corrected chi connectivity index (χ4v) is 5.71. The summed E-state index contributed by atoms with van der Waals surface area (Å²) in [5.74, 6) is 2.46. The minimum absolute atomic E-state index is 0.0249. The van der Waals surface area contributed by atoms with Gasteiger partial charge in [-0.2, -0.15) is 0 Å². The number of hydrogen-bond donors (Lipinski definition) is 2. The average Bonchev–Trinajstić information content (AvgIpc) is 3.36. The molecule has 0 unspecified atom stereocenters. The molecule has 0 saturated carbocycles. The van der Waals surface area contributed by atoms with E-state index in [2.05, 4.69) is 68.7 Å². The number of ether oxygens (including phenoxy) is 1. The zero-order valence-electron chi connectivity index (χ0n) is 21.5. The minimum Gasteiger partial charge on any atom is -0.489 e. The molecule has 1 amide bonds. The third-order valence-corrected chi connectivity index (χ3v) is 7.85. The summed E-state index contributed by atoms with van der Waals surface area (Å²) >= 11 is 3.71. The number of rotatable bonds is 8. The van der Waals surface area contributed by atoms with E-state index in [4.69, 9.17) is 9.15 Å². The number of nitrogens with zero attached hydrogens (tertiary/aromatic N) is 1. The van der Waals surface area contributed by atoms with Crippen LogP contribution in [0.2, 0.25) is 0 Å². The molecule has 2 aliphatic rings. The Labute approximate surface area is 227 Å². The Morgan fingerprint density at radius 3 is 2.65 bits per heavy atom. The van der Waals surface area contributed by atoms with Gasteiger partial charge in [0, 0.05) is 31.2 Å². The van der Waals surface area contributed by atoms with Crippen molar-refractivity contribution >= 4 is 21.8 Å². The molecule has 0 atom stereocenters. The summed E-state index contributed by atoms with van der Waals surface area (Å²) in [6, 6.07) is 18.7. The standard InChI is InChI=1S/C30H36BrN3O3/c1-21-3-2-4-23(17-21)28-8-6-26(37-28)19-30(35)33-24-11-15-34(16-12-24)20-22-5-7-29(27(31)18-22)36-25-9-13-32-14-10-25/h2-8,17-18,24-25,32H,9-16,19-20H2,1H3,(H,33,35). The van der Waals surface area contributed by atoms with Gasteiger partial charge in [0.2, 0.25) is 5.91 Å². The average molecular weight is 567 g/mol. The lowest BCUT2D eigenvalue weighted by Gasteiger charge is -2.32. The van der Waals surface area contributed by atoms with Gasteiger partial charge in [-0.25, -0.2) is 0 Å². The Morgan fingerprint density at radius 1 is 1.08 bits per heavy atom. The normalized spacial score (nSPS) is 17.6. The summed E-state index contributed by atoms with van der Waals surface area (Å²) in [7, 11) is 0. The topological polar surface area (TPSA) is 66.7 Å². The van der Waals surface area contributed by atoms with E-state index in [1.54, 1.807) is 0 Å². The molecule has 0 radical (unpaired) electrons. The van der Waals surface area contributed by atoms with Crippen molar-refractivity contribution in [2.75, 3.05) is 26.2 Å². The van der Waals surface area contributed by atoms with E-state index in [0.29, 0.717) is 11.9 Å². The van der Waals surface area contributed by atoms with Crippen LogP contribution in [0, 0.1) is 6.92 Å². The van der Waals surface area contributed by atoms with E-state index in [9.17, 15) is 4.79 Å². The van der Waals surface area contributed by atoms with E-state index < -0.39 is 0 Å². The monoisotopic (exact) mass is 565 g/mol. The zero-order chi connectivity index (χ0) is 25.6. The fraction of sp³-hybridized carbons (Fsp3) is 0.433. The third-order valence-electron chi connectivity index (χ3n) is 7.23. The highest BCUT2D eigenvalue weighted by Crippen LogP contribution is 2.29. The van der Waals surface area contributed by atoms with Crippen LogP contribution in [0.15, 0.2) is 63.5 Å². The smallest absolute Gasteiger partial charge is 0.227 e. The van der Waals surface area contributed by atoms with Gasteiger partial charge >= 0.3 is 0 Å². The molecule has 196 valence electrons. The van der Waals surface area contributed by atoms with Crippen LogP contribution < -0.4 is 15.4 Å². The number of nitrogens with one attached hydrogen (secondary N) is 2. The first-order valence-electron chi connectivity index (χ1n) is 13.3. The summed E-state index contributed by atoms with van der Waals surface area (Å²) in [6.07, 6.45) is 4.57. The van der Waals surface area contributed by atoms with Crippen molar-refractivity contribution in [2.45, 2.75) is 57.7 Å². The first kappa shape index (κ1) is 26.0. The van der Waals surface area contributed by atoms with Crippen LogP contribution in [-0.2, 0) is 17.8 Å². The molecule has 2 saturated heterocycles. The number of carbonyl (C=O) groups is 1. The van der Waals surface area contributed by atoms with Crippen molar-refractivity contribution in [3.8, 4) is 17.1 Å². The summed E-state index contributed by atoms with van der Waals surface area (Å²) in [6.45, 7) is 6.94. The van der Waals surface area contributed by atoms with Gasteiger partial charge in [0.25, 0.3) is 0 Å². The number of carbonyl (C=O) groups excluding carboxylic acids is 1. The van der Waals surface area contributed by atoms with Gasteiger partial charge in [-0.15, -0.1) is 0 Å². The van der Waals surface area contributed by atoms with E-state index in [1.807, 2.05) is 24.3 Å². The van der Waals surface area contributed by atoms with Crippen LogP contribution in [-0.4, -0.2) is 49.1 Å². The highest BCUT2D eigenvalue weighted by molar-refractivity contribution is 9.10. The molecule has 2 fully saturated rings. The number of likely N-dealkylation sites (tertiary alicyclic amines) is 1. The second-order valence-electron chi connectivity index (χ2n) is 10.3. The van der Waals surface area contributed by atoms with Crippen molar-refractivity contribution in [3.05, 3.63) is 76.0 Å². The van der Waals surface area contributed by atoms with E-state index in [1.165, 1.54) is 11.1 Å². The molecule has 5 rings (SSSR count). The molecule has 37 heavy (non-hydrogen) atoms. The molecule has 3 aromatic rings. The highest BCUT2D eigenvalue weighted by Gasteiger charge is 2.22. The lowest BCUT2D eigenvalue weighted by Crippen LogP contribution is -2.44. The van der Waals surface area contributed by atoms with Gasteiger partial charge in [-0.05, 0) is 97.5 Å². The van der Waals surface area contributed by atoms with Crippen molar-refractivity contribution in [1.82, 2.24) is 15.5 Å². The minimum atomic E-state index is 0.0249.